The number of aliphatic hydroxyl groups is 1. The van der Waals surface area contributed by atoms with Crippen LogP contribution in [-0.2, 0) is 9.59 Å². The summed E-state index contributed by atoms with van der Waals surface area (Å²) in [7, 11) is 5.82. The number of ketones is 1. The Kier molecular flexibility index (Phi) is 7.26. The number of nitrogens with zero attached hydrogens (tertiary/aromatic N) is 1. The van der Waals surface area contributed by atoms with Crippen molar-refractivity contribution in [2.75, 3.05) is 33.3 Å². The topological polar surface area (TPSA) is 94.5 Å². The van der Waals surface area contributed by atoms with Gasteiger partial charge in [0.2, 0.25) is 0 Å². The highest BCUT2D eigenvalue weighted by Crippen LogP contribution is 2.45. The number of ether oxygens (including phenoxy) is 4. The lowest BCUT2D eigenvalue weighted by molar-refractivity contribution is -0.132. The molecular formula is C27H23ClFNO7. The Bertz CT molecular complexity index is 1420. The Morgan fingerprint density at radius 3 is 2.03 bits per heavy atom. The van der Waals surface area contributed by atoms with Gasteiger partial charge in [-0.1, -0.05) is 17.7 Å². The van der Waals surface area contributed by atoms with Crippen LogP contribution in [0.4, 0.5) is 10.1 Å². The van der Waals surface area contributed by atoms with Crippen molar-refractivity contribution in [3.05, 3.63) is 82.1 Å². The SMILES string of the molecule is COc1ccc(/C(O)=C2\C(=O)C(=O)N(c3ccc(F)c(Cl)c3)C2c2ccc(OC)c(OC)c2)cc1OC. The van der Waals surface area contributed by atoms with Crippen LogP contribution in [0.3, 0.4) is 0 Å². The molecule has 8 nitrogen and oxygen atoms in total. The van der Waals surface area contributed by atoms with Gasteiger partial charge in [-0.25, -0.2) is 4.39 Å². The molecule has 192 valence electrons. The summed E-state index contributed by atoms with van der Waals surface area (Å²) in [4.78, 5) is 27.8. The van der Waals surface area contributed by atoms with Crippen LogP contribution in [-0.4, -0.2) is 45.2 Å². The van der Waals surface area contributed by atoms with Crippen molar-refractivity contribution < 1.29 is 38.0 Å². The fourth-order valence-corrected chi connectivity index (χ4v) is 4.39. The molecule has 3 aromatic carbocycles. The van der Waals surface area contributed by atoms with Crippen LogP contribution < -0.4 is 23.8 Å². The van der Waals surface area contributed by atoms with E-state index in [4.69, 9.17) is 30.5 Å². The molecule has 0 radical (unpaired) electrons. The monoisotopic (exact) mass is 527 g/mol. The molecule has 1 fully saturated rings. The highest BCUT2D eigenvalue weighted by Gasteiger charge is 2.47. The average molecular weight is 528 g/mol. The number of halogens is 2. The lowest BCUT2D eigenvalue weighted by Gasteiger charge is -2.26. The number of amides is 1. The van der Waals surface area contributed by atoms with E-state index in [-0.39, 0.29) is 21.8 Å². The van der Waals surface area contributed by atoms with E-state index in [1.54, 1.807) is 24.3 Å². The first-order chi connectivity index (χ1) is 17.7. The number of hydrogen-bond acceptors (Lipinski definition) is 7. The fourth-order valence-electron chi connectivity index (χ4n) is 4.21. The minimum atomic E-state index is -1.10. The second-order valence-corrected chi connectivity index (χ2v) is 8.36. The average Bonchev–Trinajstić information content (AvgIpc) is 3.18. The predicted octanol–water partition coefficient (Wildman–Crippen LogP) is 5.14. The molecule has 1 aliphatic rings. The molecule has 1 heterocycles. The normalized spacial score (nSPS) is 16.6. The van der Waals surface area contributed by atoms with Crippen molar-refractivity contribution in [3.8, 4) is 23.0 Å². The Morgan fingerprint density at radius 1 is 0.838 bits per heavy atom. The molecule has 0 aromatic heterocycles. The van der Waals surface area contributed by atoms with Gasteiger partial charge in [0.1, 0.15) is 11.6 Å². The van der Waals surface area contributed by atoms with Gasteiger partial charge in [0.25, 0.3) is 11.7 Å². The second kappa shape index (κ2) is 10.4. The zero-order valence-corrected chi connectivity index (χ0v) is 21.1. The molecule has 10 heteroatoms. The maximum atomic E-state index is 13.9. The van der Waals surface area contributed by atoms with Crippen LogP contribution >= 0.6 is 11.6 Å². The summed E-state index contributed by atoms with van der Waals surface area (Å²) in [6.45, 7) is 0. The zero-order chi connectivity index (χ0) is 26.9. The van der Waals surface area contributed by atoms with Crippen molar-refractivity contribution >= 4 is 34.7 Å². The van der Waals surface area contributed by atoms with Gasteiger partial charge in [-0.3, -0.25) is 14.5 Å². The summed E-state index contributed by atoms with van der Waals surface area (Å²) in [6, 6.07) is 12.0. The molecule has 0 bridgehead atoms. The Balaban J connectivity index is 1.98. The van der Waals surface area contributed by atoms with E-state index >= 15 is 0 Å². The number of hydrogen-bond donors (Lipinski definition) is 1. The molecule has 1 N–H and O–H groups in total. The number of anilines is 1. The van der Waals surface area contributed by atoms with Crippen molar-refractivity contribution in [2.45, 2.75) is 6.04 Å². The van der Waals surface area contributed by atoms with E-state index in [0.717, 1.165) is 11.0 Å². The fraction of sp³-hybridized carbons (Fsp3) is 0.185. The third kappa shape index (κ3) is 4.53. The Labute approximate surface area is 217 Å². The predicted molar refractivity (Wildman–Crippen MR) is 135 cm³/mol. The number of rotatable bonds is 7. The van der Waals surface area contributed by atoms with E-state index < -0.39 is 29.3 Å². The van der Waals surface area contributed by atoms with Gasteiger partial charge >= 0.3 is 0 Å². The molecule has 37 heavy (non-hydrogen) atoms. The summed E-state index contributed by atoms with van der Waals surface area (Å²) in [5.41, 5.74) is 0.627. The van der Waals surface area contributed by atoms with Crippen LogP contribution in [0.2, 0.25) is 5.02 Å². The number of carbonyl (C=O) groups excluding carboxylic acids is 2. The van der Waals surface area contributed by atoms with Gasteiger partial charge in [-0.2, -0.15) is 0 Å². The van der Waals surface area contributed by atoms with E-state index in [9.17, 15) is 19.1 Å². The molecule has 3 aromatic rings. The van der Waals surface area contributed by atoms with Crippen molar-refractivity contribution in [2.24, 2.45) is 0 Å². The summed E-state index contributed by atoms with van der Waals surface area (Å²) in [5, 5.41) is 11.1. The van der Waals surface area contributed by atoms with Gasteiger partial charge in [-0.15, -0.1) is 0 Å². The largest absolute Gasteiger partial charge is 0.507 e. The number of aliphatic hydroxyl groups excluding tert-OH is 1. The molecule has 4 rings (SSSR count). The zero-order valence-electron chi connectivity index (χ0n) is 20.4. The minimum Gasteiger partial charge on any atom is -0.507 e. The molecule has 0 saturated carbocycles. The first-order valence-corrected chi connectivity index (χ1v) is 11.3. The number of benzene rings is 3. The maximum Gasteiger partial charge on any atom is 0.300 e. The van der Waals surface area contributed by atoms with Gasteiger partial charge < -0.3 is 24.1 Å². The van der Waals surface area contributed by atoms with E-state index in [2.05, 4.69) is 0 Å². The highest BCUT2D eigenvalue weighted by molar-refractivity contribution is 6.51. The highest BCUT2D eigenvalue weighted by atomic mass is 35.5. The molecular weight excluding hydrogens is 505 g/mol. The molecule has 1 saturated heterocycles. The third-order valence-electron chi connectivity index (χ3n) is 6.01. The van der Waals surface area contributed by atoms with Crippen molar-refractivity contribution in [1.29, 1.82) is 0 Å². The number of Topliss-reactive ketones (excluding diaryl/α,β-unsaturated/α-hetero) is 1. The quantitative estimate of drug-likeness (QED) is 0.258. The van der Waals surface area contributed by atoms with Crippen molar-refractivity contribution in [3.63, 3.8) is 0 Å². The van der Waals surface area contributed by atoms with Gasteiger partial charge in [0.05, 0.1) is 45.1 Å². The third-order valence-corrected chi connectivity index (χ3v) is 6.30. The van der Waals surface area contributed by atoms with Crippen molar-refractivity contribution in [1.82, 2.24) is 0 Å². The first kappa shape index (κ1) is 25.8. The van der Waals surface area contributed by atoms with Crippen LogP contribution in [0, 0.1) is 5.82 Å². The van der Waals surface area contributed by atoms with Crippen LogP contribution in [0.15, 0.2) is 60.2 Å². The van der Waals surface area contributed by atoms with E-state index in [0.29, 0.717) is 28.6 Å². The summed E-state index contributed by atoms with van der Waals surface area (Å²) in [5.74, 6) is -1.49. The summed E-state index contributed by atoms with van der Waals surface area (Å²) in [6.07, 6.45) is 0. The number of carbonyl (C=O) groups is 2. The van der Waals surface area contributed by atoms with Crippen LogP contribution in [0.25, 0.3) is 5.76 Å². The Hall–Kier alpha value is -4.24. The molecule has 0 spiro atoms. The van der Waals surface area contributed by atoms with Crippen LogP contribution in [0.5, 0.6) is 23.0 Å². The number of methoxy groups -OCH3 is 4. The molecule has 0 aliphatic carbocycles. The summed E-state index contributed by atoms with van der Waals surface area (Å²) < 4.78 is 35.2. The summed E-state index contributed by atoms with van der Waals surface area (Å²) >= 11 is 5.99. The minimum absolute atomic E-state index is 0.166. The van der Waals surface area contributed by atoms with Gasteiger partial charge in [0, 0.05) is 11.3 Å². The maximum absolute atomic E-state index is 13.9. The van der Waals surface area contributed by atoms with Gasteiger partial charge in [-0.05, 0) is 54.1 Å². The second-order valence-electron chi connectivity index (χ2n) is 7.95. The Morgan fingerprint density at radius 2 is 1.43 bits per heavy atom. The van der Waals surface area contributed by atoms with Gasteiger partial charge in [0.15, 0.2) is 23.0 Å². The molecule has 1 atom stereocenters. The lowest BCUT2D eigenvalue weighted by atomic mass is 9.94. The first-order valence-electron chi connectivity index (χ1n) is 11.0. The smallest absolute Gasteiger partial charge is 0.300 e. The van der Waals surface area contributed by atoms with E-state index in [1.807, 2.05) is 0 Å². The van der Waals surface area contributed by atoms with E-state index in [1.165, 1.54) is 52.7 Å². The van der Waals surface area contributed by atoms with Crippen LogP contribution in [0.1, 0.15) is 17.2 Å². The molecule has 1 aliphatic heterocycles. The lowest BCUT2D eigenvalue weighted by Crippen LogP contribution is -2.29. The molecule has 1 amide bonds. The molecule has 1 unspecified atom stereocenters. The standard InChI is InChI=1S/C27H23ClFNO7/c1-34-19-9-5-14(11-21(19)36-3)24-23(25(31)15-6-10-20(35-2)22(12-15)37-4)26(32)27(33)30(24)16-7-8-18(29)17(28)13-16/h5-13,24,31H,1-4H3/b25-23+.